The molecule has 1 aromatic rings. The third kappa shape index (κ3) is 2.98. The highest BCUT2D eigenvalue weighted by molar-refractivity contribution is 5.88. The second-order valence-electron chi connectivity index (χ2n) is 7.32. The lowest BCUT2D eigenvalue weighted by Gasteiger charge is -2.46. The number of hydrogen-bond acceptors (Lipinski definition) is 5. The summed E-state index contributed by atoms with van der Waals surface area (Å²) in [6.07, 6.45) is 0.815. The molecule has 2 saturated heterocycles. The van der Waals surface area contributed by atoms with Crippen molar-refractivity contribution in [2.75, 3.05) is 39.6 Å². The number of benzene rings is 1. The molecular formula is C19H25NO5. The predicted molar refractivity (Wildman–Crippen MR) is 91.1 cm³/mol. The van der Waals surface area contributed by atoms with Gasteiger partial charge in [0, 0.05) is 13.2 Å². The highest BCUT2D eigenvalue weighted by Gasteiger charge is 2.43. The Balaban J connectivity index is 1.59. The number of carbonyl (C=O) groups excluding carboxylic acids is 1. The summed E-state index contributed by atoms with van der Waals surface area (Å²) in [5.41, 5.74) is 0.299. The van der Waals surface area contributed by atoms with E-state index < -0.39 is 5.41 Å². The van der Waals surface area contributed by atoms with Crippen LogP contribution in [-0.4, -0.2) is 62.5 Å². The van der Waals surface area contributed by atoms with Gasteiger partial charge in [0.1, 0.15) is 19.3 Å². The lowest BCUT2D eigenvalue weighted by molar-refractivity contribution is -0.166. The van der Waals surface area contributed by atoms with Gasteiger partial charge >= 0.3 is 0 Å². The van der Waals surface area contributed by atoms with Crippen LogP contribution >= 0.6 is 0 Å². The van der Waals surface area contributed by atoms with E-state index in [9.17, 15) is 4.79 Å². The van der Waals surface area contributed by atoms with E-state index in [2.05, 4.69) is 0 Å². The van der Waals surface area contributed by atoms with Gasteiger partial charge in [-0.1, -0.05) is 6.07 Å². The minimum Gasteiger partial charge on any atom is -0.486 e. The first-order valence-corrected chi connectivity index (χ1v) is 8.98. The molecule has 0 N–H and O–H groups in total. The first-order valence-electron chi connectivity index (χ1n) is 8.98. The molecule has 0 spiro atoms. The molecule has 136 valence electrons. The molecule has 1 aromatic carbocycles. The number of morpholine rings is 1. The Morgan fingerprint density at radius 1 is 1.12 bits per heavy atom. The Kier molecular flexibility index (Phi) is 4.33. The van der Waals surface area contributed by atoms with Crippen LogP contribution in [0.25, 0.3) is 0 Å². The summed E-state index contributed by atoms with van der Waals surface area (Å²) in [5.74, 6) is 1.59. The second kappa shape index (κ2) is 6.50. The monoisotopic (exact) mass is 347 g/mol. The van der Waals surface area contributed by atoms with Crippen LogP contribution in [0.4, 0.5) is 0 Å². The first-order chi connectivity index (χ1) is 12.1. The van der Waals surface area contributed by atoms with Crippen LogP contribution in [0, 0.1) is 0 Å². The highest BCUT2D eigenvalue weighted by atomic mass is 16.6. The third-order valence-corrected chi connectivity index (χ3v) is 5.39. The number of fused-ring (bicyclic) bond motifs is 2. The molecule has 0 saturated carbocycles. The van der Waals surface area contributed by atoms with Gasteiger partial charge in [-0.15, -0.1) is 0 Å². The topological polar surface area (TPSA) is 57.2 Å². The first kappa shape index (κ1) is 16.7. The maximum atomic E-state index is 13.4. The molecule has 3 aliphatic heterocycles. The number of carbonyl (C=O) groups is 1. The number of nitrogens with zero attached hydrogens (tertiary/aromatic N) is 1. The van der Waals surface area contributed by atoms with Crippen molar-refractivity contribution >= 4 is 5.91 Å². The van der Waals surface area contributed by atoms with E-state index in [1.165, 1.54) is 0 Å². The van der Waals surface area contributed by atoms with E-state index in [-0.39, 0.29) is 18.1 Å². The summed E-state index contributed by atoms with van der Waals surface area (Å²) in [7, 11) is 0. The number of ether oxygens (including phenoxy) is 4. The van der Waals surface area contributed by atoms with Crippen molar-refractivity contribution < 1.29 is 23.7 Å². The van der Waals surface area contributed by atoms with Crippen LogP contribution in [0.3, 0.4) is 0 Å². The van der Waals surface area contributed by atoms with Crippen molar-refractivity contribution in [2.45, 2.75) is 37.8 Å². The van der Waals surface area contributed by atoms with Crippen molar-refractivity contribution in [1.29, 1.82) is 0 Å². The van der Waals surface area contributed by atoms with Gasteiger partial charge < -0.3 is 23.8 Å². The second-order valence-corrected chi connectivity index (χ2v) is 7.32. The van der Waals surface area contributed by atoms with Gasteiger partial charge in [0.25, 0.3) is 0 Å². The molecule has 2 fully saturated rings. The van der Waals surface area contributed by atoms with Crippen LogP contribution in [-0.2, 0) is 19.7 Å². The Labute approximate surface area is 148 Å². The molecule has 0 aromatic heterocycles. The molecule has 0 bridgehead atoms. The average molecular weight is 347 g/mol. The molecular weight excluding hydrogens is 322 g/mol. The van der Waals surface area contributed by atoms with Gasteiger partial charge in [-0.2, -0.15) is 0 Å². The van der Waals surface area contributed by atoms with Crippen LogP contribution in [0.5, 0.6) is 11.5 Å². The zero-order valence-electron chi connectivity index (χ0n) is 14.8. The van der Waals surface area contributed by atoms with E-state index in [1.54, 1.807) is 0 Å². The predicted octanol–water partition coefficient (Wildman–Crippen LogP) is 1.75. The van der Waals surface area contributed by atoms with Crippen LogP contribution in [0.1, 0.15) is 25.8 Å². The standard InChI is InChI=1S/C19H25NO5/c1-19(2,13-3-4-15-16(11-13)25-10-9-24-15)18(21)20-6-8-23-17-12-22-7-5-14(17)20/h3-4,11,14,17H,5-10,12H2,1-2H3/t14-,17+/m0/s1. The van der Waals surface area contributed by atoms with Crippen molar-refractivity contribution in [2.24, 2.45) is 0 Å². The largest absolute Gasteiger partial charge is 0.486 e. The molecule has 6 heteroatoms. The molecule has 1 amide bonds. The molecule has 0 unspecified atom stereocenters. The summed E-state index contributed by atoms with van der Waals surface area (Å²) in [6, 6.07) is 5.91. The summed E-state index contributed by atoms with van der Waals surface area (Å²) >= 11 is 0. The maximum Gasteiger partial charge on any atom is 0.233 e. The van der Waals surface area contributed by atoms with Crippen LogP contribution < -0.4 is 9.47 Å². The minimum atomic E-state index is -0.643. The Morgan fingerprint density at radius 2 is 1.92 bits per heavy atom. The quantitative estimate of drug-likeness (QED) is 0.816. The Morgan fingerprint density at radius 3 is 2.76 bits per heavy atom. The van der Waals surface area contributed by atoms with Crippen molar-refractivity contribution in [3.05, 3.63) is 23.8 Å². The summed E-state index contributed by atoms with van der Waals surface area (Å²) in [4.78, 5) is 15.4. The van der Waals surface area contributed by atoms with Gasteiger partial charge in [-0.25, -0.2) is 0 Å². The normalized spacial score (nSPS) is 26.1. The molecule has 6 nitrogen and oxygen atoms in total. The number of amides is 1. The third-order valence-electron chi connectivity index (χ3n) is 5.39. The zero-order chi connectivity index (χ0) is 17.4. The molecule has 4 rings (SSSR count). The van der Waals surface area contributed by atoms with E-state index in [0.29, 0.717) is 39.6 Å². The smallest absolute Gasteiger partial charge is 0.233 e. The minimum absolute atomic E-state index is 0.0116. The molecule has 3 heterocycles. The zero-order valence-corrected chi connectivity index (χ0v) is 14.8. The van der Waals surface area contributed by atoms with Crippen molar-refractivity contribution in [3.63, 3.8) is 0 Å². The van der Waals surface area contributed by atoms with Gasteiger partial charge in [-0.05, 0) is 38.0 Å². The van der Waals surface area contributed by atoms with Crippen molar-refractivity contribution in [1.82, 2.24) is 4.90 Å². The fourth-order valence-electron chi connectivity index (χ4n) is 3.85. The Hall–Kier alpha value is -1.79. The van der Waals surface area contributed by atoms with Gasteiger partial charge in [0.05, 0.1) is 24.7 Å². The van der Waals surface area contributed by atoms with Crippen LogP contribution in [0.2, 0.25) is 0 Å². The molecule has 2 atom stereocenters. The lowest BCUT2D eigenvalue weighted by Crippen LogP contribution is -2.60. The number of rotatable bonds is 2. The summed E-state index contributed by atoms with van der Waals surface area (Å²) in [6.45, 7) is 7.50. The van der Waals surface area contributed by atoms with Crippen LogP contribution in [0.15, 0.2) is 18.2 Å². The fourth-order valence-corrected chi connectivity index (χ4v) is 3.85. The van der Waals surface area contributed by atoms with E-state index in [0.717, 1.165) is 23.5 Å². The SMILES string of the molecule is CC(C)(C(=O)N1CCO[C@@H]2COCC[C@@H]21)c1ccc2c(c1)OCCO2. The van der Waals surface area contributed by atoms with Crippen molar-refractivity contribution in [3.8, 4) is 11.5 Å². The van der Waals surface area contributed by atoms with E-state index in [4.69, 9.17) is 18.9 Å². The molecule has 0 radical (unpaired) electrons. The van der Waals surface area contributed by atoms with Gasteiger partial charge in [0.2, 0.25) is 5.91 Å². The summed E-state index contributed by atoms with van der Waals surface area (Å²) in [5, 5.41) is 0. The number of hydrogen-bond donors (Lipinski definition) is 0. The maximum absolute atomic E-state index is 13.4. The molecule has 3 aliphatic rings. The average Bonchev–Trinajstić information content (AvgIpc) is 2.66. The lowest BCUT2D eigenvalue weighted by atomic mass is 9.82. The fraction of sp³-hybridized carbons (Fsp3) is 0.632. The summed E-state index contributed by atoms with van der Waals surface area (Å²) < 4.78 is 22.6. The van der Waals surface area contributed by atoms with Gasteiger partial charge in [-0.3, -0.25) is 4.79 Å². The molecule has 25 heavy (non-hydrogen) atoms. The van der Waals surface area contributed by atoms with E-state index in [1.807, 2.05) is 36.9 Å². The highest BCUT2D eigenvalue weighted by Crippen LogP contribution is 2.37. The Bertz CT molecular complexity index is 657. The van der Waals surface area contributed by atoms with E-state index >= 15 is 0 Å². The molecule has 0 aliphatic carbocycles. The van der Waals surface area contributed by atoms with Gasteiger partial charge in [0.15, 0.2) is 11.5 Å².